The Kier molecular flexibility index (Phi) is 8.16. The van der Waals surface area contributed by atoms with Gasteiger partial charge in [-0.2, -0.15) is 13.2 Å². The number of amides is 4. The average molecular weight is 525 g/mol. The van der Waals surface area contributed by atoms with Gasteiger partial charge in [-0.05, 0) is 42.8 Å². The van der Waals surface area contributed by atoms with Crippen molar-refractivity contribution in [3.8, 4) is 17.2 Å². The number of hydrogen-bond donors (Lipinski definition) is 2. The van der Waals surface area contributed by atoms with Crippen LogP contribution in [0.5, 0.6) is 17.2 Å². The number of halogens is 3. The Morgan fingerprint density at radius 2 is 1.68 bits per heavy atom. The molecule has 200 valence electrons. The molecule has 1 aliphatic rings. The van der Waals surface area contributed by atoms with Crippen LogP contribution in [-0.2, 0) is 26.0 Å². The highest BCUT2D eigenvalue weighted by Gasteiger charge is 2.49. The lowest BCUT2D eigenvalue weighted by molar-refractivity contribution is -0.137. The van der Waals surface area contributed by atoms with Crippen molar-refractivity contribution >= 4 is 23.5 Å². The van der Waals surface area contributed by atoms with E-state index in [0.29, 0.717) is 28.0 Å². The minimum absolute atomic E-state index is 0.0153. The highest BCUT2D eigenvalue weighted by atomic mass is 19.4. The van der Waals surface area contributed by atoms with E-state index < -0.39 is 41.7 Å². The fourth-order valence-electron chi connectivity index (χ4n) is 3.68. The van der Waals surface area contributed by atoms with Gasteiger partial charge in [0, 0.05) is 7.11 Å². The van der Waals surface area contributed by atoms with E-state index in [4.69, 9.17) is 18.9 Å². The van der Waals surface area contributed by atoms with Crippen LogP contribution >= 0.6 is 0 Å². The number of nitrogens with one attached hydrogen (secondary N) is 2. The summed E-state index contributed by atoms with van der Waals surface area (Å²) in [6, 6.07) is 6.38. The predicted molar refractivity (Wildman–Crippen MR) is 125 cm³/mol. The smallest absolute Gasteiger partial charge is 0.416 e. The maximum absolute atomic E-state index is 13.2. The Morgan fingerprint density at radius 3 is 2.30 bits per heavy atom. The van der Waals surface area contributed by atoms with Gasteiger partial charge in [0.05, 0.1) is 32.1 Å². The van der Waals surface area contributed by atoms with E-state index >= 15 is 0 Å². The summed E-state index contributed by atoms with van der Waals surface area (Å²) < 4.78 is 60.4. The van der Waals surface area contributed by atoms with Crippen molar-refractivity contribution in [1.82, 2.24) is 10.2 Å². The second kappa shape index (κ2) is 10.9. The highest BCUT2D eigenvalue weighted by molar-refractivity contribution is 6.10. The largest absolute Gasteiger partial charge is 0.493 e. The van der Waals surface area contributed by atoms with Crippen LogP contribution in [0.25, 0.3) is 0 Å². The van der Waals surface area contributed by atoms with Gasteiger partial charge in [0.2, 0.25) is 5.91 Å². The molecule has 2 N–H and O–H groups in total. The van der Waals surface area contributed by atoms with Gasteiger partial charge in [0.1, 0.15) is 24.4 Å². The zero-order valence-corrected chi connectivity index (χ0v) is 20.5. The number of carbonyl (C=O) groups excluding carboxylic acids is 3. The second-order valence-corrected chi connectivity index (χ2v) is 8.11. The summed E-state index contributed by atoms with van der Waals surface area (Å²) in [4.78, 5) is 39.3. The number of carbonyl (C=O) groups is 3. The van der Waals surface area contributed by atoms with Gasteiger partial charge in [-0.25, -0.2) is 4.79 Å². The number of hydrogen-bond acceptors (Lipinski definition) is 7. The molecule has 1 aliphatic heterocycles. The molecule has 0 spiro atoms. The topological polar surface area (TPSA) is 115 Å². The first-order chi connectivity index (χ1) is 17.4. The third kappa shape index (κ3) is 5.88. The molecule has 13 heteroatoms. The molecule has 1 heterocycles. The van der Waals surface area contributed by atoms with E-state index in [1.807, 2.05) is 0 Å². The summed E-state index contributed by atoms with van der Waals surface area (Å²) in [7, 11) is 4.28. The lowest BCUT2D eigenvalue weighted by Crippen LogP contribution is -2.42. The Hall–Kier alpha value is -4.00. The molecular formula is C24H26F3N3O7. The van der Waals surface area contributed by atoms with Crippen molar-refractivity contribution in [2.45, 2.75) is 18.6 Å². The van der Waals surface area contributed by atoms with Crippen molar-refractivity contribution in [1.29, 1.82) is 0 Å². The van der Waals surface area contributed by atoms with Crippen molar-refractivity contribution < 1.29 is 46.5 Å². The van der Waals surface area contributed by atoms with Gasteiger partial charge >= 0.3 is 12.2 Å². The number of nitrogens with zero attached hydrogens (tertiary/aromatic N) is 1. The van der Waals surface area contributed by atoms with Crippen molar-refractivity contribution in [2.24, 2.45) is 0 Å². The molecule has 1 saturated heterocycles. The minimum Gasteiger partial charge on any atom is -0.493 e. The van der Waals surface area contributed by atoms with Crippen LogP contribution in [0, 0.1) is 0 Å². The summed E-state index contributed by atoms with van der Waals surface area (Å²) in [5.41, 5.74) is -2.44. The number of ether oxygens (including phenoxy) is 4. The fraction of sp³-hybridized carbons (Fsp3) is 0.375. The van der Waals surface area contributed by atoms with E-state index in [2.05, 4.69) is 10.6 Å². The van der Waals surface area contributed by atoms with Gasteiger partial charge in [-0.1, -0.05) is 6.07 Å². The van der Waals surface area contributed by atoms with Gasteiger partial charge in [-0.3, -0.25) is 14.5 Å². The first-order valence-electron chi connectivity index (χ1n) is 10.9. The maximum atomic E-state index is 13.2. The van der Waals surface area contributed by atoms with Gasteiger partial charge in [0.25, 0.3) is 5.91 Å². The van der Waals surface area contributed by atoms with Gasteiger partial charge in [0.15, 0.2) is 11.5 Å². The standard InChI is InChI=1S/C24H26F3N3O7/c1-23(14-5-8-18(35-3)19(12-14)36-4)21(32)30(22(33)29-23)13-20(31)28-16-11-15(24(25,26)27)6-7-17(16)37-10-9-34-2/h5-8,11-12H,9-10,13H2,1-4H3,(H,28,31)(H,29,33)/t23-/m0/s1. The lowest BCUT2D eigenvalue weighted by atomic mass is 9.91. The Balaban J connectivity index is 1.81. The number of methoxy groups -OCH3 is 3. The summed E-state index contributed by atoms with van der Waals surface area (Å²) >= 11 is 0. The number of rotatable bonds is 10. The van der Waals surface area contributed by atoms with Gasteiger partial charge in [-0.15, -0.1) is 0 Å². The third-order valence-corrected chi connectivity index (χ3v) is 5.66. The molecule has 0 unspecified atom stereocenters. The fourth-order valence-corrected chi connectivity index (χ4v) is 3.68. The van der Waals surface area contributed by atoms with Crippen LogP contribution in [0.15, 0.2) is 36.4 Å². The zero-order valence-electron chi connectivity index (χ0n) is 20.5. The van der Waals surface area contributed by atoms with Crippen molar-refractivity contribution in [3.63, 3.8) is 0 Å². The number of alkyl halides is 3. The Labute approximate surface area is 210 Å². The molecule has 2 aromatic carbocycles. The number of anilines is 1. The second-order valence-electron chi connectivity index (χ2n) is 8.11. The molecule has 3 rings (SSSR count). The molecule has 1 fully saturated rings. The number of urea groups is 1. The predicted octanol–water partition coefficient (Wildman–Crippen LogP) is 3.15. The van der Waals surface area contributed by atoms with Crippen LogP contribution in [-0.4, -0.2) is 63.8 Å². The highest BCUT2D eigenvalue weighted by Crippen LogP contribution is 2.37. The van der Waals surface area contributed by atoms with Crippen LogP contribution in [0.2, 0.25) is 0 Å². The summed E-state index contributed by atoms with van der Waals surface area (Å²) in [6.45, 7) is 0.884. The molecule has 0 saturated carbocycles. The SMILES string of the molecule is COCCOc1ccc(C(F)(F)F)cc1NC(=O)CN1C(=O)N[C@@](C)(c2ccc(OC)c(OC)c2)C1=O. The third-order valence-electron chi connectivity index (χ3n) is 5.66. The molecule has 2 aromatic rings. The minimum atomic E-state index is -4.67. The van der Waals surface area contributed by atoms with Crippen LogP contribution < -0.4 is 24.8 Å². The average Bonchev–Trinajstić information content (AvgIpc) is 3.07. The summed E-state index contributed by atoms with van der Waals surface area (Å²) in [5, 5.41) is 4.86. The summed E-state index contributed by atoms with van der Waals surface area (Å²) in [5.74, 6) is -0.945. The maximum Gasteiger partial charge on any atom is 0.416 e. The number of imide groups is 1. The quantitative estimate of drug-likeness (QED) is 0.362. The molecule has 4 amide bonds. The van der Waals surface area contributed by atoms with E-state index in [9.17, 15) is 27.6 Å². The van der Waals surface area contributed by atoms with Gasteiger partial charge < -0.3 is 29.6 Å². The molecular weight excluding hydrogens is 499 g/mol. The normalized spacial score (nSPS) is 17.4. The Morgan fingerprint density at radius 1 is 1.00 bits per heavy atom. The zero-order chi connectivity index (χ0) is 27.4. The van der Waals surface area contributed by atoms with Crippen LogP contribution in [0.3, 0.4) is 0 Å². The molecule has 0 aliphatic carbocycles. The van der Waals surface area contributed by atoms with Crippen molar-refractivity contribution in [2.75, 3.05) is 46.4 Å². The first kappa shape index (κ1) is 27.6. The molecule has 10 nitrogen and oxygen atoms in total. The van der Waals surface area contributed by atoms with Crippen LogP contribution in [0.1, 0.15) is 18.1 Å². The first-order valence-corrected chi connectivity index (χ1v) is 10.9. The lowest BCUT2D eigenvalue weighted by Gasteiger charge is -2.23. The van der Waals surface area contributed by atoms with E-state index in [1.165, 1.54) is 34.3 Å². The summed E-state index contributed by atoms with van der Waals surface area (Å²) in [6.07, 6.45) is -4.67. The van der Waals surface area contributed by atoms with E-state index in [0.717, 1.165) is 12.1 Å². The molecule has 0 aromatic heterocycles. The monoisotopic (exact) mass is 525 g/mol. The van der Waals surface area contributed by atoms with Crippen molar-refractivity contribution in [3.05, 3.63) is 47.5 Å². The Bertz CT molecular complexity index is 1190. The molecule has 1 atom stereocenters. The van der Waals surface area contributed by atoms with Crippen LogP contribution in [0.4, 0.5) is 23.7 Å². The molecule has 0 bridgehead atoms. The number of benzene rings is 2. The molecule has 0 radical (unpaired) electrons. The van der Waals surface area contributed by atoms with E-state index in [-0.39, 0.29) is 24.7 Å². The molecule has 37 heavy (non-hydrogen) atoms. The van der Waals surface area contributed by atoms with E-state index in [1.54, 1.807) is 12.1 Å².